The number of nitrogens with zero attached hydrogens (tertiary/aromatic N) is 3. The van der Waals surface area contributed by atoms with Gasteiger partial charge in [0.2, 0.25) is 5.82 Å². The van der Waals surface area contributed by atoms with Gasteiger partial charge in [0.05, 0.1) is 11.5 Å². The average molecular weight is 280 g/mol. The average Bonchev–Trinajstić information content (AvgIpc) is 2.88. The van der Waals surface area contributed by atoms with E-state index in [1.807, 2.05) is 6.92 Å². The Balaban J connectivity index is 2.31. The number of aryl methyl sites for hydroxylation is 1. The van der Waals surface area contributed by atoms with E-state index in [-0.39, 0.29) is 23.4 Å². The van der Waals surface area contributed by atoms with Gasteiger partial charge < -0.3 is 10.1 Å². The minimum atomic E-state index is -0.471. The molecular formula is C13H20N4O3. The van der Waals surface area contributed by atoms with Gasteiger partial charge in [0.15, 0.2) is 0 Å². The molecule has 0 radical (unpaired) electrons. The van der Waals surface area contributed by atoms with Crippen LogP contribution in [0.25, 0.3) is 0 Å². The smallest absolute Gasteiger partial charge is 0.372 e. The monoisotopic (exact) mass is 280 g/mol. The zero-order valence-corrected chi connectivity index (χ0v) is 11.9. The molecule has 1 saturated carbocycles. The lowest BCUT2D eigenvalue weighted by atomic mass is 10.2. The van der Waals surface area contributed by atoms with Crippen molar-refractivity contribution in [3.8, 4) is 5.88 Å². The highest BCUT2D eigenvalue weighted by atomic mass is 16.6. The summed E-state index contributed by atoms with van der Waals surface area (Å²) in [5.41, 5.74) is -0.157. The topological polar surface area (TPSA) is 90.2 Å². The Morgan fingerprint density at radius 2 is 2.10 bits per heavy atom. The van der Waals surface area contributed by atoms with Crippen LogP contribution in [0, 0.1) is 17.0 Å². The van der Waals surface area contributed by atoms with Crippen LogP contribution in [0.1, 0.15) is 44.9 Å². The molecule has 1 fully saturated rings. The van der Waals surface area contributed by atoms with E-state index < -0.39 is 4.92 Å². The molecule has 7 heteroatoms. The Morgan fingerprint density at radius 1 is 1.40 bits per heavy atom. The maximum Gasteiger partial charge on any atom is 0.372 e. The van der Waals surface area contributed by atoms with Crippen molar-refractivity contribution >= 4 is 11.5 Å². The molecule has 1 heterocycles. The normalized spacial score (nSPS) is 15.3. The molecule has 0 atom stereocenters. The summed E-state index contributed by atoms with van der Waals surface area (Å²) >= 11 is 0. The van der Waals surface area contributed by atoms with Crippen LogP contribution in [0.15, 0.2) is 0 Å². The van der Waals surface area contributed by atoms with Crippen LogP contribution in [0.5, 0.6) is 5.88 Å². The molecule has 1 aliphatic carbocycles. The molecule has 1 N–H and O–H groups in total. The van der Waals surface area contributed by atoms with Gasteiger partial charge >= 0.3 is 5.69 Å². The van der Waals surface area contributed by atoms with Gasteiger partial charge in [-0.3, -0.25) is 10.1 Å². The number of hydrogen-bond donors (Lipinski definition) is 1. The molecule has 1 aromatic heterocycles. The third-order valence-corrected chi connectivity index (χ3v) is 3.29. The Labute approximate surface area is 117 Å². The molecule has 20 heavy (non-hydrogen) atoms. The second kappa shape index (κ2) is 6.49. The van der Waals surface area contributed by atoms with Gasteiger partial charge in [-0.2, -0.15) is 4.98 Å². The Morgan fingerprint density at radius 3 is 2.70 bits per heavy atom. The third kappa shape index (κ3) is 3.34. The molecule has 0 amide bonds. The van der Waals surface area contributed by atoms with Gasteiger partial charge in [0.25, 0.3) is 5.88 Å². The summed E-state index contributed by atoms with van der Waals surface area (Å²) in [5.74, 6) is 0.813. The van der Waals surface area contributed by atoms with E-state index in [0.29, 0.717) is 12.4 Å². The zero-order chi connectivity index (χ0) is 14.5. The SMILES string of the molecule is CCCOc1nc(C)nc(NC2CCCC2)c1[N+](=O)[O-]. The lowest BCUT2D eigenvalue weighted by molar-refractivity contribution is -0.385. The summed E-state index contributed by atoms with van der Waals surface area (Å²) in [6.45, 7) is 4.06. The first-order chi connectivity index (χ1) is 9.61. The maximum absolute atomic E-state index is 11.3. The van der Waals surface area contributed by atoms with E-state index in [1.165, 1.54) is 0 Å². The fourth-order valence-corrected chi connectivity index (χ4v) is 2.37. The van der Waals surface area contributed by atoms with Crippen LogP contribution >= 0.6 is 0 Å². The number of nitrogens with one attached hydrogen (secondary N) is 1. The Kier molecular flexibility index (Phi) is 4.70. The van der Waals surface area contributed by atoms with E-state index in [1.54, 1.807) is 6.92 Å². The van der Waals surface area contributed by atoms with Gasteiger partial charge in [-0.15, -0.1) is 0 Å². The first kappa shape index (κ1) is 14.5. The van der Waals surface area contributed by atoms with Crippen LogP contribution in [0.4, 0.5) is 11.5 Å². The van der Waals surface area contributed by atoms with Crippen LogP contribution in [-0.4, -0.2) is 27.5 Å². The van der Waals surface area contributed by atoms with E-state index in [0.717, 1.165) is 32.1 Å². The molecule has 0 aromatic carbocycles. The molecule has 110 valence electrons. The molecule has 7 nitrogen and oxygen atoms in total. The van der Waals surface area contributed by atoms with Crippen molar-refractivity contribution in [1.82, 2.24) is 9.97 Å². The maximum atomic E-state index is 11.3. The molecule has 0 saturated heterocycles. The van der Waals surface area contributed by atoms with Gasteiger partial charge in [-0.25, -0.2) is 4.98 Å². The fraction of sp³-hybridized carbons (Fsp3) is 0.692. The van der Waals surface area contributed by atoms with Crippen LogP contribution in [0.3, 0.4) is 0 Å². The van der Waals surface area contributed by atoms with E-state index in [2.05, 4.69) is 15.3 Å². The summed E-state index contributed by atoms with van der Waals surface area (Å²) < 4.78 is 5.40. The molecule has 0 unspecified atom stereocenters. The zero-order valence-electron chi connectivity index (χ0n) is 11.9. The lowest BCUT2D eigenvalue weighted by Crippen LogP contribution is -2.18. The number of hydrogen-bond acceptors (Lipinski definition) is 6. The highest BCUT2D eigenvalue weighted by molar-refractivity contribution is 5.62. The number of aromatic nitrogens is 2. The third-order valence-electron chi connectivity index (χ3n) is 3.29. The highest BCUT2D eigenvalue weighted by Gasteiger charge is 2.28. The minimum Gasteiger partial charge on any atom is -0.473 e. The van der Waals surface area contributed by atoms with Crippen molar-refractivity contribution in [1.29, 1.82) is 0 Å². The number of ether oxygens (including phenoxy) is 1. The van der Waals surface area contributed by atoms with Gasteiger partial charge in [0, 0.05) is 6.04 Å². The summed E-state index contributed by atoms with van der Waals surface area (Å²) in [4.78, 5) is 19.1. The predicted octanol–water partition coefficient (Wildman–Crippen LogP) is 2.84. The highest BCUT2D eigenvalue weighted by Crippen LogP contribution is 2.34. The summed E-state index contributed by atoms with van der Waals surface area (Å²) in [6.07, 6.45) is 5.10. The van der Waals surface area contributed by atoms with Crippen molar-refractivity contribution in [3.05, 3.63) is 15.9 Å². The van der Waals surface area contributed by atoms with Crippen molar-refractivity contribution < 1.29 is 9.66 Å². The van der Waals surface area contributed by atoms with Crippen molar-refractivity contribution in [2.45, 2.75) is 52.0 Å². The van der Waals surface area contributed by atoms with Gasteiger partial charge in [-0.1, -0.05) is 19.8 Å². The number of rotatable bonds is 6. The van der Waals surface area contributed by atoms with Crippen LogP contribution in [0.2, 0.25) is 0 Å². The molecule has 1 aliphatic rings. The Hall–Kier alpha value is -1.92. The quantitative estimate of drug-likeness (QED) is 0.636. The molecular weight excluding hydrogens is 260 g/mol. The van der Waals surface area contributed by atoms with Crippen molar-refractivity contribution in [2.24, 2.45) is 0 Å². The summed E-state index contributed by atoms with van der Waals surface area (Å²) in [6, 6.07) is 0.252. The fourth-order valence-electron chi connectivity index (χ4n) is 2.37. The number of nitro groups is 1. The second-order valence-electron chi connectivity index (χ2n) is 5.00. The van der Waals surface area contributed by atoms with Crippen LogP contribution in [-0.2, 0) is 0 Å². The van der Waals surface area contributed by atoms with E-state index in [4.69, 9.17) is 4.74 Å². The predicted molar refractivity (Wildman–Crippen MR) is 75.1 cm³/mol. The molecule has 0 bridgehead atoms. The first-order valence-electron chi connectivity index (χ1n) is 7.04. The molecule has 2 rings (SSSR count). The van der Waals surface area contributed by atoms with Gasteiger partial charge in [0.1, 0.15) is 5.82 Å². The van der Waals surface area contributed by atoms with Crippen molar-refractivity contribution in [3.63, 3.8) is 0 Å². The van der Waals surface area contributed by atoms with E-state index >= 15 is 0 Å². The number of anilines is 1. The molecule has 0 spiro atoms. The van der Waals surface area contributed by atoms with Gasteiger partial charge in [-0.05, 0) is 26.2 Å². The first-order valence-corrected chi connectivity index (χ1v) is 7.04. The second-order valence-corrected chi connectivity index (χ2v) is 5.00. The minimum absolute atomic E-state index is 0.0600. The summed E-state index contributed by atoms with van der Waals surface area (Å²) in [5, 5.41) is 14.5. The van der Waals surface area contributed by atoms with Crippen molar-refractivity contribution in [2.75, 3.05) is 11.9 Å². The summed E-state index contributed by atoms with van der Waals surface area (Å²) in [7, 11) is 0. The standard InChI is InChI=1S/C13H20N4O3/c1-3-8-20-13-11(17(18)19)12(14-9(2)15-13)16-10-6-4-5-7-10/h10H,3-8H2,1-2H3,(H,14,15,16). The largest absolute Gasteiger partial charge is 0.473 e. The lowest BCUT2D eigenvalue weighted by Gasteiger charge is -2.14. The van der Waals surface area contributed by atoms with E-state index in [9.17, 15) is 10.1 Å². The van der Waals surface area contributed by atoms with Crippen LogP contribution < -0.4 is 10.1 Å². The molecule has 0 aliphatic heterocycles. The molecule has 1 aromatic rings. The Bertz CT molecular complexity index is 487.